The summed E-state index contributed by atoms with van der Waals surface area (Å²) >= 11 is 0. The fourth-order valence-corrected chi connectivity index (χ4v) is 3.12. The second-order valence-corrected chi connectivity index (χ2v) is 6.69. The summed E-state index contributed by atoms with van der Waals surface area (Å²) in [4.78, 5) is 17.1. The number of nitrogens with one attached hydrogen (secondary N) is 1. The van der Waals surface area contributed by atoms with Crippen LogP contribution in [0, 0.1) is 5.82 Å². The van der Waals surface area contributed by atoms with E-state index in [0.717, 1.165) is 16.7 Å². The van der Waals surface area contributed by atoms with Gasteiger partial charge in [0, 0.05) is 18.2 Å². The zero-order valence-corrected chi connectivity index (χ0v) is 15.8. The Labute approximate surface area is 167 Å². The van der Waals surface area contributed by atoms with E-state index >= 15 is 0 Å². The summed E-state index contributed by atoms with van der Waals surface area (Å²) in [7, 11) is 1.80. The number of halogens is 1. The average molecular weight is 386 g/mol. The lowest BCUT2D eigenvalue weighted by molar-refractivity contribution is 0.0943. The molecule has 1 N–H and O–H groups in total. The molecule has 0 radical (unpaired) electrons. The van der Waals surface area contributed by atoms with Gasteiger partial charge in [-0.2, -0.15) is 5.10 Å². The van der Waals surface area contributed by atoms with Gasteiger partial charge in [0.2, 0.25) is 0 Å². The lowest BCUT2D eigenvalue weighted by Gasteiger charge is -2.20. The summed E-state index contributed by atoms with van der Waals surface area (Å²) in [6.45, 7) is 0. The van der Waals surface area contributed by atoms with E-state index in [0.29, 0.717) is 11.4 Å². The van der Waals surface area contributed by atoms with E-state index in [-0.39, 0.29) is 17.8 Å². The number of aromatic nitrogens is 3. The number of nitrogens with zero attached hydrogens (tertiary/aromatic N) is 3. The minimum Gasteiger partial charge on any atom is -0.341 e. The molecule has 0 aliphatic carbocycles. The van der Waals surface area contributed by atoms with Gasteiger partial charge in [0.05, 0.1) is 6.04 Å². The summed E-state index contributed by atoms with van der Waals surface area (Å²) in [6, 6.07) is 22.5. The van der Waals surface area contributed by atoms with Crippen LogP contribution in [0.4, 0.5) is 4.39 Å². The van der Waals surface area contributed by atoms with Gasteiger partial charge in [-0.25, -0.2) is 9.37 Å². The van der Waals surface area contributed by atoms with Crippen molar-refractivity contribution in [2.45, 2.75) is 6.04 Å². The van der Waals surface area contributed by atoms with Crippen molar-refractivity contribution < 1.29 is 9.18 Å². The maximum absolute atomic E-state index is 13.4. The average Bonchev–Trinajstić information content (AvgIpc) is 3.20. The number of carbonyl (C=O) groups is 1. The van der Waals surface area contributed by atoms with E-state index in [4.69, 9.17) is 0 Å². The van der Waals surface area contributed by atoms with Crippen LogP contribution in [-0.2, 0) is 7.05 Å². The number of hydrogen-bond donors (Lipinski definition) is 1. The Morgan fingerprint density at radius 1 is 0.931 bits per heavy atom. The molecule has 1 atom stereocenters. The third-order valence-corrected chi connectivity index (χ3v) is 4.62. The molecule has 0 fully saturated rings. The van der Waals surface area contributed by atoms with Gasteiger partial charge >= 0.3 is 0 Å². The molecular formula is C23H19FN4O. The highest BCUT2D eigenvalue weighted by Gasteiger charge is 2.18. The SMILES string of the molecule is Cn1cnc(-c2ccc(C(=O)N[C@@H](c3ccccc3)c3ccc(F)cc3)cc2)n1. The van der Waals surface area contributed by atoms with Crippen molar-refractivity contribution in [2.75, 3.05) is 0 Å². The maximum Gasteiger partial charge on any atom is 0.252 e. The monoisotopic (exact) mass is 386 g/mol. The van der Waals surface area contributed by atoms with Gasteiger partial charge in [-0.1, -0.05) is 54.6 Å². The quantitative estimate of drug-likeness (QED) is 0.561. The van der Waals surface area contributed by atoms with Crippen LogP contribution in [0.1, 0.15) is 27.5 Å². The fourth-order valence-electron chi connectivity index (χ4n) is 3.12. The number of rotatable bonds is 5. The Morgan fingerprint density at radius 3 is 2.21 bits per heavy atom. The molecule has 3 aromatic carbocycles. The Balaban J connectivity index is 1.58. The first-order valence-corrected chi connectivity index (χ1v) is 9.17. The summed E-state index contributed by atoms with van der Waals surface area (Å²) in [5, 5.41) is 7.32. The molecule has 29 heavy (non-hydrogen) atoms. The first-order chi connectivity index (χ1) is 14.1. The van der Waals surface area contributed by atoms with E-state index in [1.54, 1.807) is 42.3 Å². The predicted molar refractivity (Wildman–Crippen MR) is 109 cm³/mol. The molecule has 0 unspecified atom stereocenters. The van der Waals surface area contributed by atoms with Crippen LogP contribution < -0.4 is 5.32 Å². The maximum atomic E-state index is 13.4. The summed E-state index contributed by atoms with van der Waals surface area (Å²) in [6.07, 6.45) is 1.63. The van der Waals surface area contributed by atoms with Crippen LogP contribution in [0.5, 0.6) is 0 Å². The molecule has 0 spiro atoms. The predicted octanol–water partition coefficient (Wildman–Crippen LogP) is 4.14. The van der Waals surface area contributed by atoms with Crippen molar-refractivity contribution in [3.8, 4) is 11.4 Å². The van der Waals surface area contributed by atoms with E-state index in [9.17, 15) is 9.18 Å². The largest absolute Gasteiger partial charge is 0.341 e. The molecular weight excluding hydrogens is 367 g/mol. The highest BCUT2D eigenvalue weighted by Crippen LogP contribution is 2.23. The highest BCUT2D eigenvalue weighted by atomic mass is 19.1. The third-order valence-electron chi connectivity index (χ3n) is 4.62. The molecule has 4 rings (SSSR count). The molecule has 0 aliphatic rings. The smallest absolute Gasteiger partial charge is 0.252 e. The van der Waals surface area contributed by atoms with Gasteiger partial charge in [0.25, 0.3) is 5.91 Å². The third kappa shape index (κ3) is 4.21. The van der Waals surface area contributed by atoms with E-state index in [1.807, 2.05) is 42.5 Å². The summed E-state index contributed by atoms with van der Waals surface area (Å²) in [5.41, 5.74) is 3.08. The van der Waals surface area contributed by atoms with Crippen molar-refractivity contribution in [3.05, 3.63) is 108 Å². The lowest BCUT2D eigenvalue weighted by atomic mass is 9.98. The van der Waals surface area contributed by atoms with Gasteiger partial charge in [0.15, 0.2) is 5.82 Å². The van der Waals surface area contributed by atoms with Crippen LogP contribution in [0.25, 0.3) is 11.4 Å². The van der Waals surface area contributed by atoms with E-state index in [1.165, 1.54) is 12.1 Å². The lowest BCUT2D eigenvalue weighted by Crippen LogP contribution is -2.29. The molecule has 0 saturated heterocycles. The molecule has 1 amide bonds. The first kappa shape index (κ1) is 18.6. The van der Waals surface area contributed by atoms with Crippen LogP contribution >= 0.6 is 0 Å². The van der Waals surface area contributed by atoms with Crippen LogP contribution in [-0.4, -0.2) is 20.7 Å². The van der Waals surface area contributed by atoms with Gasteiger partial charge in [-0.05, 0) is 35.4 Å². The Kier molecular flexibility index (Phi) is 5.16. The Bertz CT molecular complexity index is 1110. The van der Waals surface area contributed by atoms with Crippen LogP contribution in [0.15, 0.2) is 85.2 Å². The topological polar surface area (TPSA) is 59.8 Å². The van der Waals surface area contributed by atoms with Crippen molar-refractivity contribution >= 4 is 5.91 Å². The van der Waals surface area contributed by atoms with Crippen molar-refractivity contribution in [1.29, 1.82) is 0 Å². The minimum absolute atomic E-state index is 0.219. The standard InChI is InChI=1S/C23H19FN4O/c1-28-15-25-22(27-28)18-7-9-19(10-8-18)23(29)26-21(16-5-3-2-4-6-16)17-11-13-20(24)14-12-17/h2-15,21H,1H3,(H,26,29)/t21-/m0/s1. The second kappa shape index (κ2) is 8.06. The second-order valence-electron chi connectivity index (χ2n) is 6.69. The Hall–Kier alpha value is -3.80. The molecule has 144 valence electrons. The zero-order chi connectivity index (χ0) is 20.2. The summed E-state index contributed by atoms with van der Waals surface area (Å²) < 4.78 is 15.0. The fraction of sp³-hybridized carbons (Fsp3) is 0.0870. The number of benzene rings is 3. The van der Waals surface area contributed by atoms with Crippen LogP contribution in [0.3, 0.4) is 0 Å². The molecule has 5 nitrogen and oxygen atoms in total. The highest BCUT2D eigenvalue weighted by molar-refractivity contribution is 5.95. The number of amides is 1. The van der Waals surface area contributed by atoms with Gasteiger partial charge in [-0.3, -0.25) is 9.48 Å². The molecule has 0 aliphatic heterocycles. The molecule has 0 bridgehead atoms. The van der Waals surface area contributed by atoms with Crippen molar-refractivity contribution in [2.24, 2.45) is 7.05 Å². The van der Waals surface area contributed by atoms with Gasteiger partial charge < -0.3 is 5.32 Å². The first-order valence-electron chi connectivity index (χ1n) is 9.17. The normalized spacial score (nSPS) is 11.8. The van der Waals surface area contributed by atoms with Crippen molar-refractivity contribution in [3.63, 3.8) is 0 Å². The number of carbonyl (C=O) groups excluding carboxylic acids is 1. The van der Waals surface area contributed by atoms with Crippen LogP contribution in [0.2, 0.25) is 0 Å². The van der Waals surface area contributed by atoms with Gasteiger partial charge in [0.1, 0.15) is 12.1 Å². The molecule has 4 aromatic rings. The summed E-state index contributed by atoms with van der Waals surface area (Å²) in [5.74, 6) is 0.0715. The molecule has 0 saturated carbocycles. The van der Waals surface area contributed by atoms with Crippen molar-refractivity contribution in [1.82, 2.24) is 20.1 Å². The minimum atomic E-state index is -0.388. The Morgan fingerprint density at radius 2 is 1.59 bits per heavy atom. The van der Waals surface area contributed by atoms with E-state index in [2.05, 4.69) is 15.4 Å². The zero-order valence-electron chi connectivity index (χ0n) is 15.8. The van der Waals surface area contributed by atoms with E-state index < -0.39 is 0 Å². The number of hydrogen-bond acceptors (Lipinski definition) is 3. The molecule has 1 aromatic heterocycles. The van der Waals surface area contributed by atoms with Gasteiger partial charge in [-0.15, -0.1) is 0 Å². The number of aryl methyl sites for hydroxylation is 1. The molecule has 1 heterocycles. The molecule has 6 heteroatoms.